The van der Waals surface area contributed by atoms with Gasteiger partial charge in [-0.05, 0) is 30.5 Å². The summed E-state index contributed by atoms with van der Waals surface area (Å²) < 4.78 is 0. The van der Waals surface area contributed by atoms with Crippen molar-refractivity contribution in [3.63, 3.8) is 0 Å². The fourth-order valence-electron chi connectivity index (χ4n) is 2.11. The molecule has 1 heterocycles. The Bertz CT molecular complexity index is 490. The van der Waals surface area contributed by atoms with Crippen molar-refractivity contribution in [1.82, 2.24) is 0 Å². The summed E-state index contributed by atoms with van der Waals surface area (Å²) in [6, 6.07) is 3.56. The van der Waals surface area contributed by atoms with Crippen LogP contribution in [0.2, 0.25) is 0 Å². The molecule has 1 N–H and O–H groups in total. The second-order valence-corrected chi connectivity index (χ2v) is 4.08. The number of hydrogen-bond acceptors (Lipinski definition) is 3. The molecule has 0 aromatic heterocycles. The minimum Gasteiger partial charge on any atom is -0.392 e. The third-order valence-electron chi connectivity index (χ3n) is 2.77. The fourth-order valence-corrected chi connectivity index (χ4v) is 2.11. The van der Waals surface area contributed by atoms with E-state index in [0.29, 0.717) is 5.69 Å². The summed E-state index contributed by atoms with van der Waals surface area (Å²) in [5.74, 6) is -0.643. The first-order chi connectivity index (χ1) is 8.04. The molecule has 1 aliphatic heterocycles. The van der Waals surface area contributed by atoms with E-state index in [1.165, 1.54) is 12.2 Å². The highest BCUT2D eigenvalue weighted by Crippen LogP contribution is 2.28. The molecule has 4 nitrogen and oxygen atoms in total. The third-order valence-corrected chi connectivity index (χ3v) is 2.77. The van der Waals surface area contributed by atoms with E-state index in [1.807, 2.05) is 13.8 Å². The molecule has 1 aliphatic rings. The average Bonchev–Trinajstić information content (AvgIpc) is 2.59. The maximum Gasteiger partial charge on any atom is 0.258 e. The van der Waals surface area contributed by atoms with Crippen molar-refractivity contribution < 1.29 is 14.7 Å². The van der Waals surface area contributed by atoms with Crippen LogP contribution in [0.3, 0.4) is 0 Å². The molecule has 4 heteroatoms. The lowest BCUT2D eigenvalue weighted by molar-refractivity contribution is -0.120. The standard InChI is InChI=1S/C13H13NO3/c1-8-5-10(7-15)6-9(2)13(8)14-11(16)3-4-12(14)17/h3-6,15H,7H2,1-2H3. The van der Waals surface area contributed by atoms with Gasteiger partial charge in [-0.3, -0.25) is 9.59 Å². The molecule has 88 valence electrons. The van der Waals surface area contributed by atoms with Gasteiger partial charge in [-0.15, -0.1) is 0 Å². The number of rotatable bonds is 2. The van der Waals surface area contributed by atoms with Gasteiger partial charge in [-0.25, -0.2) is 4.90 Å². The minimum absolute atomic E-state index is 0.0535. The largest absolute Gasteiger partial charge is 0.392 e. The maximum atomic E-state index is 11.6. The predicted molar refractivity (Wildman–Crippen MR) is 63.5 cm³/mol. The number of aliphatic hydroxyl groups is 1. The maximum absolute atomic E-state index is 11.6. The van der Waals surface area contributed by atoms with Gasteiger partial charge in [-0.2, -0.15) is 0 Å². The quantitative estimate of drug-likeness (QED) is 0.779. The molecule has 1 aromatic rings. The first kappa shape index (κ1) is 11.5. The average molecular weight is 231 g/mol. The summed E-state index contributed by atoms with van der Waals surface area (Å²) in [6.45, 7) is 3.59. The van der Waals surface area contributed by atoms with E-state index in [9.17, 15) is 9.59 Å². The fraction of sp³-hybridized carbons (Fsp3) is 0.231. The van der Waals surface area contributed by atoms with E-state index in [1.54, 1.807) is 12.1 Å². The minimum atomic E-state index is -0.321. The Morgan fingerprint density at radius 1 is 1.06 bits per heavy atom. The Balaban J connectivity index is 2.53. The van der Waals surface area contributed by atoms with Crippen LogP contribution in [0.1, 0.15) is 16.7 Å². The van der Waals surface area contributed by atoms with Crippen LogP contribution in [-0.2, 0) is 16.2 Å². The predicted octanol–water partition coefficient (Wildman–Crippen LogP) is 1.23. The zero-order valence-electron chi connectivity index (χ0n) is 9.73. The second-order valence-electron chi connectivity index (χ2n) is 4.08. The van der Waals surface area contributed by atoms with Gasteiger partial charge in [0.25, 0.3) is 11.8 Å². The van der Waals surface area contributed by atoms with Crippen LogP contribution >= 0.6 is 0 Å². The number of aliphatic hydroxyl groups excluding tert-OH is 1. The van der Waals surface area contributed by atoms with Crippen LogP contribution in [0.4, 0.5) is 5.69 Å². The van der Waals surface area contributed by atoms with Crippen molar-refractivity contribution >= 4 is 17.5 Å². The molecule has 0 saturated heterocycles. The summed E-state index contributed by atoms with van der Waals surface area (Å²) in [6.07, 6.45) is 2.53. The molecule has 17 heavy (non-hydrogen) atoms. The molecule has 0 fully saturated rings. The highest BCUT2D eigenvalue weighted by molar-refractivity contribution is 6.28. The van der Waals surface area contributed by atoms with E-state index in [-0.39, 0.29) is 18.4 Å². The van der Waals surface area contributed by atoms with Crippen molar-refractivity contribution in [2.24, 2.45) is 0 Å². The number of hydrogen-bond donors (Lipinski definition) is 1. The Labute approximate surface area is 99.2 Å². The Morgan fingerprint density at radius 3 is 1.94 bits per heavy atom. The number of aryl methyl sites for hydroxylation is 2. The van der Waals surface area contributed by atoms with Crippen LogP contribution in [0.5, 0.6) is 0 Å². The van der Waals surface area contributed by atoms with E-state index in [2.05, 4.69) is 0 Å². The van der Waals surface area contributed by atoms with Crippen LogP contribution in [0.15, 0.2) is 24.3 Å². The first-order valence-electron chi connectivity index (χ1n) is 5.31. The monoisotopic (exact) mass is 231 g/mol. The van der Waals surface area contributed by atoms with Crippen LogP contribution in [0, 0.1) is 13.8 Å². The Morgan fingerprint density at radius 2 is 1.53 bits per heavy atom. The lowest BCUT2D eigenvalue weighted by Gasteiger charge is -2.20. The molecule has 0 spiro atoms. The molecule has 2 rings (SSSR count). The van der Waals surface area contributed by atoms with Gasteiger partial charge in [0.2, 0.25) is 0 Å². The van der Waals surface area contributed by atoms with Crippen molar-refractivity contribution in [2.45, 2.75) is 20.5 Å². The van der Waals surface area contributed by atoms with Crippen LogP contribution in [-0.4, -0.2) is 16.9 Å². The van der Waals surface area contributed by atoms with E-state index >= 15 is 0 Å². The second kappa shape index (κ2) is 4.14. The lowest BCUT2D eigenvalue weighted by Crippen LogP contribution is -2.31. The van der Waals surface area contributed by atoms with Gasteiger partial charge >= 0.3 is 0 Å². The molecule has 0 radical (unpaired) electrons. The molecule has 0 saturated carbocycles. The third kappa shape index (κ3) is 1.87. The highest BCUT2D eigenvalue weighted by Gasteiger charge is 2.27. The summed E-state index contributed by atoms with van der Waals surface area (Å²) in [5.41, 5.74) is 3.00. The molecular formula is C13H13NO3. The summed E-state index contributed by atoms with van der Waals surface area (Å²) in [5, 5.41) is 9.09. The number of imide groups is 1. The highest BCUT2D eigenvalue weighted by atomic mass is 16.3. The molecule has 0 atom stereocenters. The van der Waals surface area contributed by atoms with Gasteiger partial charge in [0.1, 0.15) is 0 Å². The number of nitrogens with zero attached hydrogens (tertiary/aromatic N) is 1. The number of carbonyl (C=O) groups excluding carboxylic acids is 2. The zero-order valence-corrected chi connectivity index (χ0v) is 9.73. The molecule has 0 bridgehead atoms. The van der Waals surface area contributed by atoms with Gasteiger partial charge in [0.15, 0.2) is 0 Å². The number of carbonyl (C=O) groups is 2. The van der Waals surface area contributed by atoms with Gasteiger partial charge in [-0.1, -0.05) is 12.1 Å². The summed E-state index contributed by atoms with van der Waals surface area (Å²) in [7, 11) is 0. The lowest BCUT2D eigenvalue weighted by atomic mass is 10.0. The summed E-state index contributed by atoms with van der Waals surface area (Å²) >= 11 is 0. The topological polar surface area (TPSA) is 57.6 Å². The number of anilines is 1. The summed E-state index contributed by atoms with van der Waals surface area (Å²) in [4.78, 5) is 24.4. The molecular weight excluding hydrogens is 218 g/mol. The van der Waals surface area contributed by atoms with E-state index in [4.69, 9.17) is 5.11 Å². The van der Waals surface area contributed by atoms with E-state index in [0.717, 1.165) is 21.6 Å². The Kier molecular flexibility index (Phi) is 2.81. The van der Waals surface area contributed by atoms with Gasteiger partial charge < -0.3 is 5.11 Å². The van der Waals surface area contributed by atoms with Crippen molar-refractivity contribution in [3.05, 3.63) is 41.0 Å². The van der Waals surface area contributed by atoms with Crippen molar-refractivity contribution in [3.8, 4) is 0 Å². The molecule has 1 aromatic carbocycles. The molecule has 0 aliphatic carbocycles. The number of amides is 2. The SMILES string of the molecule is Cc1cc(CO)cc(C)c1N1C(=O)C=CC1=O. The van der Waals surface area contributed by atoms with E-state index < -0.39 is 0 Å². The molecule has 2 amide bonds. The molecule has 0 unspecified atom stereocenters. The smallest absolute Gasteiger partial charge is 0.258 e. The van der Waals surface area contributed by atoms with Crippen LogP contribution < -0.4 is 4.90 Å². The first-order valence-corrected chi connectivity index (χ1v) is 5.31. The van der Waals surface area contributed by atoms with Crippen LogP contribution in [0.25, 0.3) is 0 Å². The van der Waals surface area contributed by atoms with Gasteiger partial charge in [0, 0.05) is 12.2 Å². The number of benzene rings is 1. The Hall–Kier alpha value is -1.94. The van der Waals surface area contributed by atoms with Crippen molar-refractivity contribution in [1.29, 1.82) is 0 Å². The normalized spacial score (nSPS) is 14.9. The van der Waals surface area contributed by atoms with Crippen molar-refractivity contribution in [2.75, 3.05) is 4.90 Å². The van der Waals surface area contributed by atoms with Gasteiger partial charge in [0.05, 0.1) is 12.3 Å². The zero-order chi connectivity index (χ0) is 12.6.